The molecule has 1 amide bonds. The zero-order chi connectivity index (χ0) is 15.7. The molecule has 2 aromatic heterocycles. The summed E-state index contributed by atoms with van der Waals surface area (Å²) in [5, 5.41) is 7.23. The highest BCUT2D eigenvalue weighted by Gasteiger charge is 2.13. The monoisotopic (exact) mass is 297 g/mol. The van der Waals surface area contributed by atoms with Crippen molar-refractivity contribution in [1.29, 1.82) is 0 Å². The first-order chi connectivity index (χ1) is 10.5. The number of H-pyrrole nitrogens is 1. The van der Waals surface area contributed by atoms with Crippen LogP contribution in [-0.2, 0) is 24.8 Å². The third kappa shape index (κ3) is 2.72. The number of amides is 1. The number of nitrogens with zero attached hydrogens (tertiary/aromatic N) is 3. The maximum atomic E-state index is 12.1. The molecule has 0 aliphatic heterocycles. The van der Waals surface area contributed by atoms with Crippen LogP contribution in [0.4, 0.5) is 0 Å². The highest BCUT2D eigenvalue weighted by atomic mass is 16.1. The Morgan fingerprint density at radius 3 is 2.77 bits per heavy atom. The minimum Gasteiger partial charge on any atom is -0.349 e. The molecule has 0 radical (unpaired) electrons. The average molecular weight is 297 g/mol. The van der Waals surface area contributed by atoms with Gasteiger partial charge in [0.2, 0.25) is 5.91 Å². The van der Waals surface area contributed by atoms with E-state index in [1.54, 1.807) is 4.68 Å². The Morgan fingerprint density at radius 2 is 2.09 bits per heavy atom. The summed E-state index contributed by atoms with van der Waals surface area (Å²) in [6, 6.07) is 7.81. The Kier molecular flexibility index (Phi) is 3.66. The highest BCUT2D eigenvalue weighted by molar-refractivity contribution is 5.79. The molecule has 2 N–H and O–H groups in total. The number of hydrogen-bond acceptors (Lipinski definition) is 3. The average Bonchev–Trinajstić information content (AvgIpc) is 3.01. The van der Waals surface area contributed by atoms with E-state index in [4.69, 9.17) is 0 Å². The molecule has 0 saturated heterocycles. The van der Waals surface area contributed by atoms with E-state index in [1.165, 1.54) is 0 Å². The van der Waals surface area contributed by atoms with Crippen molar-refractivity contribution < 1.29 is 4.79 Å². The van der Waals surface area contributed by atoms with Crippen molar-refractivity contribution in [3.63, 3.8) is 0 Å². The highest BCUT2D eigenvalue weighted by Crippen LogP contribution is 2.13. The molecular weight excluding hydrogens is 278 g/mol. The number of aromatic nitrogens is 4. The number of fused-ring (bicyclic) bond motifs is 1. The van der Waals surface area contributed by atoms with Gasteiger partial charge in [0.15, 0.2) is 0 Å². The van der Waals surface area contributed by atoms with Gasteiger partial charge >= 0.3 is 0 Å². The van der Waals surface area contributed by atoms with Gasteiger partial charge in [-0.1, -0.05) is 12.1 Å². The Hall–Kier alpha value is -2.63. The second kappa shape index (κ2) is 5.63. The van der Waals surface area contributed by atoms with E-state index >= 15 is 0 Å². The van der Waals surface area contributed by atoms with Crippen molar-refractivity contribution in [2.75, 3.05) is 0 Å². The van der Waals surface area contributed by atoms with Gasteiger partial charge < -0.3 is 10.3 Å². The maximum absolute atomic E-state index is 12.1. The summed E-state index contributed by atoms with van der Waals surface area (Å²) in [5.74, 6) is 0.730. The molecule has 0 aliphatic carbocycles. The fourth-order valence-corrected chi connectivity index (χ4v) is 2.57. The number of carbonyl (C=O) groups excluding carboxylic acids is 1. The van der Waals surface area contributed by atoms with Crippen molar-refractivity contribution in [1.82, 2.24) is 25.1 Å². The first-order valence-electron chi connectivity index (χ1n) is 7.24. The molecule has 2 heterocycles. The number of carbonyl (C=O) groups is 1. The summed E-state index contributed by atoms with van der Waals surface area (Å²) in [6.07, 6.45) is 0.339. The van der Waals surface area contributed by atoms with Gasteiger partial charge in [-0.05, 0) is 26.0 Å². The Bertz CT molecular complexity index is 797. The minimum absolute atomic E-state index is 0.0281. The largest absolute Gasteiger partial charge is 0.349 e. The minimum atomic E-state index is -0.0281. The number of para-hydroxylation sites is 2. The first-order valence-corrected chi connectivity index (χ1v) is 7.24. The molecule has 0 unspecified atom stereocenters. The van der Waals surface area contributed by atoms with E-state index in [9.17, 15) is 4.79 Å². The number of rotatable bonds is 4. The number of aryl methyl sites for hydroxylation is 2. The van der Waals surface area contributed by atoms with Crippen LogP contribution in [0.3, 0.4) is 0 Å². The number of nitrogens with one attached hydrogen (secondary N) is 2. The summed E-state index contributed by atoms with van der Waals surface area (Å²) in [5.41, 5.74) is 4.80. The third-order valence-electron chi connectivity index (χ3n) is 3.89. The van der Waals surface area contributed by atoms with E-state index in [0.29, 0.717) is 13.0 Å². The SMILES string of the molecule is Cc1nn(C)c(C)c1CC(=O)NCc1nc2ccccc2[nH]1. The fourth-order valence-electron chi connectivity index (χ4n) is 2.57. The van der Waals surface area contributed by atoms with Crippen LogP contribution >= 0.6 is 0 Å². The zero-order valence-electron chi connectivity index (χ0n) is 13.0. The summed E-state index contributed by atoms with van der Waals surface area (Å²) < 4.78 is 1.80. The van der Waals surface area contributed by atoms with Crippen LogP contribution in [0, 0.1) is 13.8 Å². The van der Waals surface area contributed by atoms with Gasteiger partial charge in [-0.2, -0.15) is 5.10 Å². The van der Waals surface area contributed by atoms with Crippen LogP contribution in [0.5, 0.6) is 0 Å². The van der Waals surface area contributed by atoms with Crippen LogP contribution in [-0.4, -0.2) is 25.7 Å². The van der Waals surface area contributed by atoms with Crippen molar-refractivity contribution in [3.8, 4) is 0 Å². The normalized spacial score (nSPS) is 11.0. The van der Waals surface area contributed by atoms with E-state index in [2.05, 4.69) is 20.4 Å². The second-order valence-corrected chi connectivity index (χ2v) is 5.43. The van der Waals surface area contributed by atoms with Crippen LogP contribution in [0.1, 0.15) is 22.8 Å². The lowest BCUT2D eigenvalue weighted by atomic mass is 10.1. The Morgan fingerprint density at radius 1 is 1.32 bits per heavy atom. The predicted molar refractivity (Wildman–Crippen MR) is 84.3 cm³/mol. The summed E-state index contributed by atoms with van der Waals surface area (Å²) in [7, 11) is 1.89. The lowest BCUT2D eigenvalue weighted by Crippen LogP contribution is -2.25. The van der Waals surface area contributed by atoms with Crippen molar-refractivity contribution >= 4 is 16.9 Å². The molecule has 0 aliphatic rings. The van der Waals surface area contributed by atoms with E-state index in [-0.39, 0.29) is 5.91 Å². The van der Waals surface area contributed by atoms with Crippen molar-refractivity contribution in [2.24, 2.45) is 7.05 Å². The molecule has 0 saturated carbocycles. The van der Waals surface area contributed by atoms with Crippen molar-refractivity contribution in [2.45, 2.75) is 26.8 Å². The molecule has 6 nitrogen and oxygen atoms in total. The number of benzene rings is 1. The standard InChI is InChI=1S/C16H19N5O/c1-10-12(11(2)21(3)20-10)8-16(22)17-9-15-18-13-6-4-5-7-14(13)19-15/h4-7H,8-9H2,1-3H3,(H,17,22)(H,18,19). The maximum Gasteiger partial charge on any atom is 0.224 e. The molecule has 3 rings (SSSR count). The molecule has 114 valence electrons. The van der Waals surface area contributed by atoms with E-state index < -0.39 is 0 Å². The molecule has 0 spiro atoms. The predicted octanol–water partition coefficient (Wildman–Crippen LogP) is 1.77. The Balaban J connectivity index is 1.64. The van der Waals surface area contributed by atoms with Gasteiger partial charge in [0.1, 0.15) is 5.82 Å². The van der Waals surface area contributed by atoms with Gasteiger partial charge in [0, 0.05) is 18.3 Å². The van der Waals surface area contributed by atoms with Crippen LogP contribution in [0.2, 0.25) is 0 Å². The van der Waals surface area contributed by atoms with E-state index in [0.717, 1.165) is 33.8 Å². The third-order valence-corrected chi connectivity index (χ3v) is 3.89. The van der Waals surface area contributed by atoms with Crippen LogP contribution < -0.4 is 5.32 Å². The number of aromatic amines is 1. The first kappa shape index (κ1) is 14.3. The van der Waals surface area contributed by atoms with Gasteiger partial charge in [-0.15, -0.1) is 0 Å². The lowest BCUT2D eigenvalue weighted by Gasteiger charge is -2.04. The van der Waals surface area contributed by atoms with Crippen LogP contribution in [0.25, 0.3) is 11.0 Å². The molecule has 3 aromatic rings. The molecule has 22 heavy (non-hydrogen) atoms. The number of imidazole rings is 1. The van der Waals surface area contributed by atoms with Crippen LogP contribution in [0.15, 0.2) is 24.3 Å². The summed E-state index contributed by atoms with van der Waals surface area (Å²) in [6.45, 7) is 4.29. The molecule has 0 fully saturated rings. The fraction of sp³-hybridized carbons (Fsp3) is 0.312. The summed E-state index contributed by atoms with van der Waals surface area (Å²) >= 11 is 0. The van der Waals surface area contributed by atoms with E-state index in [1.807, 2.05) is 45.2 Å². The second-order valence-electron chi connectivity index (χ2n) is 5.43. The van der Waals surface area contributed by atoms with Gasteiger partial charge in [-0.25, -0.2) is 4.98 Å². The van der Waals surface area contributed by atoms with Gasteiger partial charge in [0.05, 0.1) is 29.7 Å². The molecule has 1 aromatic carbocycles. The lowest BCUT2D eigenvalue weighted by molar-refractivity contribution is -0.120. The zero-order valence-corrected chi connectivity index (χ0v) is 13.0. The number of hydrogen-bond donors (Lipinski definition) is 2. The molecule has 0 atom stereocenters. The van der Waals surface area contributed by atoms with Crippen molar-refractivity contribution in [3.05, 3.63) is 47.0 Å². The smallest absolute Gasteiger partial charge is 0.224 e. The van der Waals surface area contributed by atoms with Gasteiger partial charge in [-0.3, -0.25) is 9.48 Å². The summed E-state index contributed by atoms with van der Waals surface area (Å²) in [4.78, 5) is 19.8. The van der Waals surface area contributed by atoms with Gasteiger partial charge in [0.25, 0.3) is 0 Å². The quantitative estimate of drug-likeness (QED) is 0.770. The molecular formula is C16H19N5O. The Labute approximate surface area is 128 Å². The molecule has 0 bridgehead atoms. The topological polar surface area (TPSA) is 75.6 Å². The molecule has 6 heteroatoms.